The quantitative estimate of drug-likeness (QED) is 0.0415. The number of nitrogens with one attached hydrogen (secondary N) is 1. The van der Waals surface area contributed by atoms with E-state index in [9.17, 15) is 35.7 Å². The zero-order valence-corrected chi connectivity index (χ0v) is 44.8. The van der Waals surface area contributed by atoms with Crippen LogP contribution in [0.15, 0.2) is 103 Å². The van der Waals surface area contributed by atoms with Crippen molar-refractivity contribution in [2.75, 3.05) is 6.73 Å². The maximum absolute atomic E-state index is 15.4. The van der Waals surface area contributed by atoms with Crippen molar-refractivity contribution in [3.63, 3.8) is 0 Å². The molecule has 0 radical (unpaired) electrons. The number of aliphatic hydroxyl groups is 1. The summed E-state index contributed by atoms with van der Waals surface area (Å²) in [7, 11) is 0. The van der Waals surface area contributed by atoms with Gasteiger partial charge in [-0.25, -0.2) is 0 Å². The predicted molar refractivity (Wildman–Crippen MR) is 298 cm³/mol. The number of aromatic hydroxyl groups is 6. The third-order valence-corrected chi connectivity index (χ3v) is 22.6. The van der Waals surface area contributed by atoms with Crippen LogP contribution in [-0.2, 0) is 29.7 Å². The van der Waals surface area contributed by atoms with Crippen LogP contribution >= 0.6 is 0 Å². The number of aliphatic hydroxyl groups excluding tert-OH is 1. The van der Waals surface area contributed by atoms with E-state index in [4.69, 9.17) is 15.2 Å². The van der Waals surface area contributed by atoms with Crippen LogP contribution in [0.25, 0.3) is 11.3 Å². The minimum Gasteiger partial charge on any atom is -0.508 e. The molecule has 6 saturated carbocycles. The first-order valence-corrected chi connectivity index (χ1v) is 29.4. The zero-order valence-electron chi connectivity index (χ0n) is 44.8. The Labute approximate surface area is 461 Å². The summed E-state index contributed by atoms with van der Waals surface area (Å²) in [6.07, 6.45) is 15.9. The normalized spacial score (nSPS) is 33.4. The molecule has 6 fully saturated rings. The van der Waals surface area contributed by atoms with Gasteiger partial charge in [0.15, 0.2) is 23.0 Å². The number of Topliss-reactive ketones (excluding diaryl/α,β-unsaturated/α-hetero) is 1. The molecule has 12 nitrogen and oxygen atoms in total. The number of aryl methyl sites for hydroxylation is 1. The highest BCUT2D eigenvalue weighted by Crippen LogP contribution is 2.81. The van der Waals surface area contributed by atoms with Crippen LogP contribution in [0.5, 0.6) is 46.0 Å². The fourth-order valence-electron chi connectivity index (χ4n) is 19.9. The van der Waals surface area contributed by atoms with Gasteiger partial charge in [0.25, 0.3) is 0 Å². The number of carbonyl (C=O) groups is 1. The van der Waals surface area contributed by atoms with E-state index in [1.54, 1.807) is 54.6 Å². The molecule has 0 aliphatic heterocycles. The highest BCUT2D eigenvalue weighted by atomic mass is 16.5. The van der Waals surface area contributed by atoms with Crippen molar-refractivity contribution >= 4 is 5.78 Å². The van der Waals surface area contributed by atoms with E-state index in [-0.39, 0.29) is 107 Å². The number of benzene rings is 5. The molecule has 412 valence electrons. The molecule has 9 aliphatic carbocycles. The van der Waals surface area contributed by atoms with E-state index in [1.807, 2.05) is 6.07 Å². The van der Waals surface area contributed by atoms with Gasteiger partial charge in [0.05, 0.1) is 6.10 Å². The number of phenols is 6. The molecule has 9 aliphatic rings. The lowest BCUT2D eigenvalue weighted by molar-refractivity contribution is -0.136. The van der Waals surface area contributed by atoms with Crippen molar-refractivity contribution in [1.29, 1.82) is 0 Å². The predicted octanol–water partition coefficient (Wildman–Crippen LogP) is 12.2. The minimum absolute atomic E-state index is 0.0232. The van der Waals surface area contributed by atoms with Crippen LogP contribution in [0, 0.1) is 52.3 Å². The molecule has 15 rings (SSSR count). The molecular formula is C67H74N2O10. The molecule has 0 amide bonds. The van der Waals surface area contributed by atoms with Gasteiger partial charge in [-0.05, 0) is 217 Å². The number of ketones is 1. The van der Waals surface area contributed by atoms with E-state index in [0.717, 1.165) is 35.4 Å². The maximum Gasteiger partial charge on any atom is 0.200 e. The number of H-pyrrole nitrogens is 1. The number of aromatic amines is 1. The van der Waals surface area contributed by atoms with Gasteiger partial charge in [0.2, 0.25) is 5.75 Å². The van der Waals surface area contributed by atoms with Gasteiger partial charge in [-0.15, -0.1) is 0 Å². The fourth-order valence-corrected chi connectivity index (χ4v) is 19.9. The molecule has 79 heavy (non-hydrogen) atoms. The first kappa shape index (κ1) is 50.6. The zero-order chi connectivity index (χ0) is 54.1. The summed E-state index contributed by atoms with van der Waals surface area (Å²) >= 11 is 0. The van der Waals surface area contributed by atoms with Gasteiger partial charge in [0.1, 0.15) is 36.4 Å². The third kappa shape index (κ3) is 7.76. The summed E-state index contributed by atoms with van der Waals surface area (Å²) in [4.78, 5) is 19.2. The van der Waals surface area contributed by atoms with Gasteiger partial charge in [-0.2, -0.15) is 0 Å². The van der Waals surface area contributed by atoms with Crippen LogP contribution in [0.3, 0.4) is 0 Å². The third-order valence-electron chi connectivity index (χ3n) is 22.6. The summed E-state index contributed by atoms with van der Waals surface area (Å²) in [6, 6.07) is 29.9. The van der Waals surface area contributed by atoms with Crippen LogP contribution in [0.4, 0.5) is 0 Å². The Morgan fingerprint density at radius 2 is 1.58 bits per heavy atom. The van der Waals surface area contributed by atoms with E-state index < -0.39 is 29.3 Å². The standard InChI is InChI=1S/C67H74N2O10/c68-35-79-56-25-36(14-18-53(56)73)13-17-52(72)48-27-39(26-38-15-16-44(71)30-54(38)74)47-28-40-29-51(58(59(47)61(48)76)49-31-55(75)62(77)63(57(40)49)78-33-37-6-3-10-43(70)24-37)67-32-42-8-4-7-41-9-5-20-65(41)21-22-66(42,34-65)64(67)46-19-23-69-60(46)45-11-1-2-12-50(45)67/h1-3,6,10-12,14-16,18-19,23-25,30-31,39-42,47-48,51,58-59,61,64,69-71,73-77H,4-5,7-9,13,17,20-22,26-29,32-35,68H2/t39-,40+,41-,42-,47-,48-,51+,58+,59+,61-,64-,65+,66+,67+/m0/s1. The first-order valence-electron chi connectivity index (χ1n) is 29.4. The molecule has 5 aromatic carbocycles. The number of carbonyl (C=O) groups excluding carboxylic acids is 1. The molecule has 14 atom stereocenters. The minimum atomic E-state index is -1.10. The number of hydrogen-bond donors (Lipinski definition) is 9. The number of fused-ring (bicyclic) bond motifs is 8. The summed E-state index contributed by atoms with van der Waals surface area (Å²) in [5.41, 5.74) is 14.7. The van der Waals surface area contributed by atoms with Crippen LogP contribution in [0.1, 0.15) is 147 Å². The molecule has 2 spiro atoms. The molecule has 0 unspecified atom stereocenters. The smallest absolute Gasteiger partial charge is 0.200 e. The first-order chi connectivity index (χ1) is 38.3. The Morgan fingerprint density at radius 1 is 0.747 bits per heavy atom. The molecule has 12 heteroatoms. The van der Waals surface area contributed by atoms with Crippen molar-refractivity contribution < 1.29 is 50.0 Å². The van der Waals surface area contributed by atoms with Gasteiger partial charge in [0, 0.05) is 52.8 Å². The van der Waals surface area contributed by atoms with E-state index in [0.29, 0.717) is 48.1 Å². The molecule has 1 aromatic heterocycles. The van der Waals surface area contributed by atoms with Gasteiger partial charge in [-0.3, -0.25) is 10.5 Å². The molecule has 10 N–H and O–H groups in total. The van der Waals surface area contributed by atoms with Crippen molar-refractivity contribution in [1.82, 2.24) is 4.98 Å². The molecule has 0 saturated heterocycles. The summed E-state index contributed by atoms with van der Waals surface area (Å²) in [5, 5.41) is 81.3. The number of nitrogens with two attached hydrogens (primary N) is 1. The fraction of sp³-hybridized carbons (Fsp3) is 0.478. The Bertz CT molecular complexity index is 3370. The van der Waals surface area contributed by atoms with Crippen LogP contribution < -0.4 is 15.2 Å². The highest BCUT2D eigenvalue weighted by molar-refractivity contribution is 5.82. The number of rotatable bonds is 12. The number of aromatic nitrogens is 1. The van der Waals surface area contributed by atoms with Gasteiger partial charge in [-0.1, -0.05) is 61.4 Å². The summed E-state index contributed by atoms with van der Waals surface area (Å²) in [6.45, 7) is -0.0979. The average molecular weight is 1070 g/mol. The largest absolute Gasteiger partial charge is 0.508 e. The van der Waals surface area contributed by atoms with Gasteiger partial charge >= 0.3 is 0 Å². The van der Waals surface area contributed by atoms with Crippen molar-refractivity contribution in [3.05, 3.63) is 142 Å². The van der Waals surface area contributed by atoms with E-state index in [1.165, 1.54) is 86.2 Å². The lowest BCUT2D eigenvalue weighted by atomic mass is 9.47. The maximum atomic E-state index is 15.4. The highest BCUT2D eigenvalue weighted by Gasteiger charge is 2.73. The molecule has 6 aromatic rings. The SMILES string of the molecule is NCOc1cc(CCC(=O)[C@@H]2C[C@H](Cc3ccc(O)cc3O)[C@@H]3C[C@@H]4C[C@@H]([C@]56C[C@@H]7CCC[C@H]8CCC[C@]89CC[C@]7(C9)[C@@H]5c5cc[nH]c5-c5ccccc56)[C@@H](c5cc(O)c(O)c(OCc6cccc(O)c6)c54)[C@@H]3[C@H]2O)ccc1O. The second-order valence-electron chi connectivity index (χ2n) is 25.8. The van der Waals surface area contributed by atoms with Gasteiger partial charge < -0.3 is 50.2 Å². The van der Waals surface area contributed by atoms with E-state index in [2.05, 4.69) is 41.5 Å². The van der Waals surface area contributed by atoms with Crippen molar-refractivity contribution in [2.45, 2.75) is 139 Å². The number of hydrogen-bond acceptors (Lipinski definition) is 11. The molecular weight excluding hydrogens is 993 g/mol. The van der Waals surface area contributed by atoms with Crippen molar-refractivity contribution in [3.8, 4) is 57.3 Å². The molecule has 4 bridgehead atoms. The Morgan fingerprint density at radius 3 is 2.43 bits per heavy atom. The van der Waals surface area contributed by atoms with E-state index >= 15 is 4.79 Å². The van der Waals surface area contributed by atoms with Crippen molar-refractivity contribution in [2.24, 2.45) is 58.0 Å². The lowest BCUT2D eigenvalue weighted by Gasteiger charge is -2.56. The monoisotopic (exact) mass is 1070 g/mol. The Kier molecular flexibility index (Phi) is 12.2. The Hall–Kier alpha value is -6.63. The lowest BCUT2D eigenvalue weighted by Crippen LogP contribution is -2.53. The summed E-state index contributed by atoms with van der Waals surface area (Å²) in [5.74, 6) is -1.28. The Balaban J connectivity index is 0.968. The average Bonchev–Trinajstić information content (AvgIpc) is 2.19. The molecule has 1 heterocycles. The number of ether oxygens (including phenoxy) is 2. The van der Waals surface area contributed by atoms with Crippen LogP contribution in [0.2, 0.25) is 0 Å². The second kappa shape index (κ2) is 19.0. The summed E-state index contributed by atoms with van der Waals surface area (Å²) < 4.78 is 12.3. The topological polar surface area (TPSA) is 219 Å². The van der Waals surface area contributed by atoms with Crippen LogP contribution in [-0.4, -0.2) is 59.3 Å². The number of phenolic OH excluding ortho intramolecular Hbond substituents is 6. The second-order valence-corrected chi connectivity index (χ2v) is 25.8.